The summed E-state index contributed by atoms with van der Waals surface area (Å²) in [5.41, 5.74) is 13.9. The van der Waals surface area contributed by atoms with E-state index in [9.17, 15) is 0 Å². The normalized spacial score (nSPS) is 9.08. The molecule has 0 aliphatic carbocycles. The van der Waals surface area contributed by atoms with Gasteiger partial charge in [0.2, 0.25) is 0 Å². The van der Waals surface area contributed by atoms with E-state index in [1.807, 2.05) is 25.1 Å². The van der Waals surface area contributed by atoms with E-state index >= 15 is 0 Å². The fourth-order valence-electron chi connectivity index (χ4n) is 1.01. The van der Waals surface area contributed by atoms with Crippen LogP contribution < -0.4 is 11.5 Å². The molecule has 0 saturated carbocycles. The van der Waals surface area contributed by atoms with Gasteiger partial charge in [0.05, 0.1) is 0 Å². The van der Waals surface area contributed by atoms with Gasteiger partial charge in [-0.05, 0) is 24.6 Å². The molecule has 2 heteroatoms. The number of hydrogen-bond donors (Lipinski definition) is 2. The highest BCUT2D eigenvalue weighted by atomic mass is 14.5. The Balaban J connectivity index is 2.89. The number of hydrogen-bond acceptors (Lipinski definition) is 2. The van der Waals surface area contributed by atoms with Crippen molar-refractivity contribution in [1.82, 2.24) is 0 Å². The molecule has 0 aliphatic rings. The molecular weight excluding hydrogens is 160 g/mol. The molecule has 0 unspecified atom stereocenters. The topological polar surface area (TPSA) is 52.0 Å². The Bertz CT molecular complexity index is 345. The predicted octanol–water partition coefficient (Wildman–Crippen LogP) is 1.28. The Kier molecular flexibility index (Phi) is 3.36. The molecule has 0 fully saturated rings. The number of benzene rings is 1. The van der Waals surface area contributed by atoms with Gasteiger partial charge in [0.1, 0.15) is 0 Å². The average Bonchev–Trinajstić information content (AvgIpc) is 2.11. The standard InChI is InChI=1S/C11H14N2/c1-9-5-6-11(13)10(8-9)4-2-3-7-12/h5-6,8H,3,7,12-13H2,1H3. The highest BCUT2D eigenvalue weighted by molar-refractivity contribution is 5.56. The van der Waals surface area contributed by atoms with Gasteiger partial charge in [-0.1, -0.05) is 17.9 Å². The van der Waals surface area contributed by atoms with E-state index in [1.54, 1.807) is 0 Å². The number of anilines is 1. The maximum absolute atomic E-state index is 5.74. The molecule has 0 heterocycles. The van der Waals surface area contributed by atoms with Crippen LogP contribution in [-0.4, -0.2) is 6.54 Å². The zero-order chi connectivity index (χ0) is 9.68. The first kappa shape index (κ1) is 9.63. The van der Waals surface area contributed by atoms with Gasteiger partial charge in [-0.25, -0.2) is 0 Å². The number of aryl methyl sites for hydroxylation is 1. The van der Waals surface area contributed by atoms with Crippen LogP contribution >= 0.6 is 0 Å². The van der Waals surface area contributed by atoms with Gasteiger partial charge in [0.25, 0.3) is 0 Å². The second kappa shape index (κ2) is 4.54. The van der Waals surface area contributed by atoms with Crippen molar-refractivity contribution in [2.45, 2.75) is 13.3 Å². The second-order valence-electron chi connectivity index (χ2n) is 2.93. The van der Waals surface area contributed by atoms with Crippen LogP contribution in [0, 0.1) is 18.8 Å². The minimum atomic E-state index is 0.596. The molecule has 2 nitrogen and oxygen atoms in total. The fraction of sp³-hybridized carbons (Fsp3) is 0.273. The summed E-state index contributed by atoms with van der Waals surface area (Å²) in [7, 11) is 0. The number of rotatable bonds is 1. The van der Waals surface area contributed by atoms with Crippen molar-refractivity contribution in [2.75, 3.05) is 12.3 Å². The van der Waals surface area contributed by atoms with Gasteiger partial charge in [0.15, 0.2) is 0 Å². The summed E-state index contributed by atoms with van der Waals surface area (Å²) in [5, 5.41) is 0. The SMILES string of the molecule is Cc1ccc(N)c(C#CCCN)c1. The van der Waals surface area contributed by atoms with E-state index in [0.717, 1.165) is 11.3 Å². The van der Waals surface area contributed by atoms with Crippen LogP contribution in [0.1, 0.15) is 17.5 Å². The molecule has 0 aromatic heterocycles. The average molecular weight is 174 g/mol. The van der Waals surface area contributed by atoms with Crippen molar-refractivity contribution < 1.29 is 0 Å². The van der Waals surface area contributed by atoms with Gasteiger partial charge in [-0.2, -0.15) is 0 Å². The number of nitrogen functional groups attached to an aromatic ring is 1. The van der Waals surface area contributed by atoms with E-state index in [1.165, 1.54) is 5.56 Å². The number of nitrogens with two attached hydrogens (primary N) is 2. The van der Waals surface area contributed by atoms with Crippen molar-refractivity contribution in [1.29, 1.82) is 0 Å². The minimum Gasteiger partial charge on any atom is -0.398 e. The molecule has 13 heavy (non-hydrogen) atoms. The molecule has 4 N–H and O–H groups in total. The van der Waals surface area contributed by atoms with Crippen LogP contribution in [-0.2, 0) is 0 Å². The zero-order valence-electron chi connectivity index (χ0n) is 7.80. The zero-order valence-corrected chi connectivity index (χ0v) is 7.80. The van der Waals surface area contributed by atoms with Crippen LogP contribution in [0.2, 0.25) is 0 Å². The molecule has 1 aromatic carbocycles. The molecule has 1 rings (SSSR count). The lowest BCUT2D eigenvalue weighted by Gasteiger charge is -1.98. The van der Waals surface area contributed by atoms with Crippen LogP contribution in [0.25, 0.3) is 0 Å². The highest BCUT2D eigenvalue weighted by Crippen LogP contribution is 2.11. The summed E-state index contributed by atoms with van der Waals surface area (Å²) in [6.45, 7) is 2.62. The molecule has 0 bridgehead atoms. The quantitative estimate of drug-likeness (QED) is 0.497. The van der Waals surface area contributed by atoms with Gasteiger partial charge in [0, 0.05) is 24.2 Å². The van der Waals surface area contributed by atoms with Crippen LogP contribution in [0.3, 0.4) is 0 Å². The largest absolute Gasteiger partial charge is 0.398 e. The molecule has 0 radical (unpaired) electrons. The maximum atomic E-state index is 5.74. The predicted molar refractivity (Wildman–Crippen MR) is 56.1 cm³/mol. The van der Waals surface area contributed by atoms with Gasteiger partial charge >= 0.3 is 0 Å². The van der Waals surface area contributed by atoms with Crippen molar-refractivity contribution in [3.05, 3.63) is 29.3 Å². The maximum Gasteiger partial charge on any atom is 0.0477 e. The third-order valence-electron chi connectivity index (χ3n) is 1.70. The highest BCUT2D eigenvalue weighted by Gasteiger charge is 1.93. The van der Waals surface area contributed by atoms with Crippen LogP contribution in [0.15, 0.2) is 18.2 Å². The van der Waals surface area contributed by atoms with E-state index in [0.29, 0.717) is 13.0 Å². The molecule has 0 saturated heterocycles. The lowest BCUT2D eigenvalue weighted by Crippen LogP contribution is -1.96. The Morgan fingerprint density at radius 3 is 2.85 bits per heavy atom. The Hall–Kier alpha value is -1.46. The van der Waals surface area contributed by atoms with Crippen molar-refractivity contribution >= 4 is 5.69 Å². The third-order valence-corrected chi connectivity index (χ3v) is 1.70. The first-order chi connectivity index (χ1) is 6.24. The van der Waals surface area contributed by atoms with Gasteiger partial charge in [-0.3, -0.25) is 0 Å². The van der Waals surface area contributed by atoms with E-state index in [2.05, 4.69) is 11.8 Å². The van der Waals surface area contributed by atoms with Gasteiger partial charge in [-0.15, -0.1) is 0 Å². The second-order valence-corrected chi connectivity index (χ2v) is 2.93. The smallest absolute Gasteiger partial charge is 0.0477 e. The fourth-order valence-corrected chi connectivity index (χ4v) is 1.01. The summed E-state index contributed by atoms with van der Waals surface area (Å²) in [6.07, 6.45) is 0.716. The van der Waals surface area contributed by atoms with Crippen molar-refractivity contribution in [2.24, 2.45) is 5.73 Å². The van der Waals surface area contributed by atoms with E-state index in [4.69, 9.17) is 11.5 Å². The Labute approximate surface area is 78.9 Å². The molecule has 0 amide bonds. The van der Waals surface area contributed by atoms with Gasteiger partial charge < -0.3 is 11.5 Å². The summed E-state index contributed by atoms with van der Waals surface area (Å²) in [6, 6.07) is 5.84. The molecule has 68 valence electrons. The van der Waals surface area contributed by atoms with Crippen LogP contribution in [0.4, 0.5) is 5.69 Å². The monoisotopic (exact) mass is 174 g/mol. The third kappa shape index (κ3) is 2.81. The van der Waals surface area contributed by atoms with Crippen molar-refractivity contribution in [3.8, 4) is 11.8 Å². The molecule has 0 spiro atoms. The molecule has 0 aliphatic heterocycles. The summed E-state index contributed by atoms with van der Waals surface area (Å²) < 4.78 is 0. The summed E-state index contributed by atoms with van der Waals surface area (Å²) in [4.78, 5) is 0. The first-order valence-electron chi connectivity index (χ1n) is 4.29. The summed E-state index contributed by atoms with van der Waals surface area (Å²) >= 11 is 0. The molecule has 1 aromatic rings. The molecule has 0 atom stereocenters. The Morgan fingerprint density at radius 1 is 1.38 bits per heavy atom. The van der Waals surface area contributed by atoms with Crippen LogP contribution in [0.5, 0.6) is 0 Å². The lowest BCUT2D eigenvalue weighted by molar-refractivity contribution is 1.03. The van der Waals surface area contributed by atoms with Crippen molar-refractivity contribution in [3.63, 3.8) is 0 Å². The lowest BCUT2D eigenvalue weighted by atomic mass is 10.1. The molecular formula is C11H14N2. The van der Waals surface area contributed by atoms with E-state index in [-0.39, 0.29) is 0 Å². The van der Waals surface area contributed by atoms with E-state index < -0.39 is 0 Å². The minimum absolute atomic E-state index is 0.596. The summed E-state index contributed by atoms with van der Waals surface area (Å²) in [5.74, 6) is 5.96. The first-order valence-corrected chi connectivity index (χ1v) is 4.29. The Morgan fingerprint density at radius 2 is 2.15 bits per heavy atom.